The summed E-state index contributed by atoms with van der Waals surface area (Å²) in [5.41, 5.74) is 10.5. The molecule has 0 aliphatic carbocycles. The molecule has 4 heterocycles. The number of rotatable bonds is 16. The molecule has 0 saturated carbocycles. The molecule has 4 N–H and O–H groups in total. The van der Waals surface area contributed by atoms with Crippen molar-refractivity contribution in [3.05, 3.63) is 82.2 Å². The predicted molar refractivity (Wildman–Crippen MR) is 214 cm³/mol. The molecule has 61 heavy (non-hydrogen) atoms. The second-order valence-corrected chi connectivity index (χ2v) is 17.3. The van der Waals surface area contributed by atoms with Crippen LogP contribution < -0.4 is 16.0 Å². The summed E-state index contributed by atoms with van der Waals surface area (Å²) in [4.78, 5) is 57.3. The molecule has 6 rings (SSSR count). The summed E-state index contributed by atoms with van der Waals surface area (Å²) in [6, 6.07) is 15.6. The van der Waals surface area contributed by atoms with Gasteiger partial charge in [-0.1, -0.05) is 65.8 Å². The van der Waals surface area contributed by atoms with E-state index in [0.29, 0.717) is 5.56 Å². The number of hydrogen-bond acceptors (Lipinski definition) is 13. The van der Waals surface area contributed by atoms with Gasteiger partial charge in [0.2, 0.25) is 5.91 Å². The molecule has 0 unspecified atom stereocenters. The second-order valence-electron chi connectivity index (χ2n) is 17.3. The lowest BCUT2D eigenvalue weighted by Crippen LogP contribution is -2.56. The van der Waals surface area contributed by atoms with E-state index < -0.39 is 108 Å². The number of aliphatic carboxylic acids is 1. The highest BCUT2D eigenvalue weighted by atomic mass is 16.8. The zero-order valence-electron chi connectivity index (χ0n) is 35.6. The summed E-state index contributed by atoms with van der Waals surface area (Å²) in [6.07, 6.45) is -8.01. The number of benzene rings is 2. The van der Waals surface area contributed by atoms with Gasteiger partial charge in [-0.25, -0.2) is 4.79 Å². The van der Waals surface area contributed by atoms with Crippen molar-refractivity contribution in [2.75, 3.05) is 13.1 Å². The summed E-state index contributed by atoms with van der Waals surface area (Å²) in [7, 11) is 0. The third kappa shape index (κ3) is 11.6. The van der Waals surface area contributed by atoms with Crippen molar-refractivity contribution in [1.29, 1.82) is 0 Å². The number of carbonyl (C=O) groups excluding carboxylic acids is 3. The second kappa shape index (κ2) is 18.3. The largest absolute Gasteiger partial charge is 0.480 e. The molecule has 0 radical (unpaired) electrons. The lowest BCUT2D eigenvalue weighted by Gasteiger charge is -2.28. The minimum absolute atomic E-state index is 0.0339. The number of nitrogens with zero attached hydrogens (tertiary/aromatic N) is 3. The zero-order chi connectivity index (χ0) is 44.3. The Morgan fingerprint density at radius 3 is 1.51 bits per heavy atom. The van der Waals surface area contributed by atoms with Crippen LogP contribution >= 0.6 is 0 Å². The van der Waals surface area contributed by atoms with E-state index in [0.717, 1.165) is 5.56 Å². The van der Waals surface area contributed by atoms with E-state index in [1.54, 1.807) is 79.7 Å². The fraction of sp³-hybridized carbons (Fsp3) is 0.619. The van der Waals surface area contributed by atoms with Crippen LogP contribution in [-0.2, 0) is 69.9 Å². The first kappa shape index (κ1) is 45.8. The molecule has 0 spiro atoms. The maximum atomic E-state index is 14.2. The Morgan fingerprint density at radius 1 is 0.623 bits per heavy atom. The Balaban J connectivity index is 1.18. The van der Waals surface area contributed by atoms with Gasteiger partial charge >= 0.3 is 5.97 Å². The quantitative estimate of drug-likeness (QED) is 0.108. The number of amides is 3. The summed E-state index contributed by atoms with van der Waals surface area (Å²) in [5.74, 6) is -7.93. The average Bonchev–Trinajstić information content (AvgIpc) is 3.90. The number of hydrogen-bond donors (Lipinski definition) is 4. The first-order valence-corrected chi connectivity index (χ1v) is 20.3. The molecule has 4 aliphatic rings. The number of carboxylic acid groups (broad SMARTS) is 1. The number of ether oxygens (including phenoxy) is 8. The summed E-state index contributed by atoms with van der Waals surface area (Å²) in [5, 5.41) is 22.0. The Hall–Kier alpha value is -4.69. The molecule has 4 saturated heterocycles. The fourth-order valence-electron chi connectivity index (χ4n) is 8.10. The van der Waals surface area contributed by atoms with Gasteiger partial charge in [0.15, 0.2) is 35.4 Å². The molecule has 0 aromatic heterocycles. The van der Waals surface area contributed by atoms with Crippen molar-refractivity contribution in [2.45, 2.75) is 152 Å². The highest BCUT2D eigenvalue weighted by Gasteiger charge is 2.58. The van der Waals surface area contributed by atoms with Crippen LogP contribution in [0.25, 0.3) is 10.4 Å². The third-order valence-corrected chi connectivity index (χ3v) is 10.5. The van der Waals surface area contributed by atoms with Gasteiger partial charge in [-0.3, -0.25) is 14.4 Å². The van der Waals surface area contributed by atoms with Gasteiger partial charge in [0.05, 0.1) is 12.6 Å². The number of carbonyl (C=O) groups is 4. The summed E-state index contributed by atoms with van der Waals surface area (Å²) in [6.45, 7) is 13.1. The topological polar surface area (TPSA) is 247 Å². The number of nitrogens with one attached hydrogen (secondary N) is 3. The standard InChI is InChI=1S/C42H56N6O13/c1-39(2)54-27(29(56-39)31-34(61-41(5,6)58-31)37(51)47-26(38(52)53)20-24-17-13-10-14-18-24)21-44-35(49)25(19-23-15-11-9-12-16-23)46-36(50)33-32(59-42(7,8)60-33)30-28(22-45-48-43)55-40(3,4)57-30/h9-18,25-34H,19-22H2,1-8H3,(H,44,49)(H,46,50)(H,47,51)(H,52,53)/t25-,26-,27+,28+,29-,30-,31-,32-,33+,34+/m0/s1. The number of azide groups is 1. The first-order valence-electron chi connectivity index (χ1n) is 20.3. The van der Waals surface area contributed by atoms with Gasteiger partial charge in [-0.2, -0.15) is 0 Å². The Kier molecular flexibility index (Phi) is 13.8. The SMILES string of the molecule is CC1(C)O[C@H]([C@@H]2OC(C)(C)O[C@H]2C(=O)N[C@@H](Cc2ccccc2)C(=O)O)[C@@H](CNC(=O)[C@H](Cc2ccccc2)NC(=O)[C@@H]2OC(C)(C)O[C@H]2[C@H]2OC(C)(C)O[C@@H]2CN=[N+]=[N-])O1. The maximum absolute atomic E-state index is 14.2. The maximum Gasteiger partial charge on any atom is 0.326 e. The third-order valence-electron chi connectivity index (χ3n) is 10.5. The lowest BCUT2D eigenvalue weighted by atomic mass is 10.00. The molecular formula is C42H56N6O13. The van der Waals surface area contributed by atoms with Gasteiger partial charge in [-0.05, 0) is 72.0 Å². The average molecular weight is 853 g/mol. The molecule has 4 fully saturated rings. The lowest BCUT2D eigenvalue weighted by molar-refractivity contribution is -0.175. The smallest absolute Gasteiger partial charge is 0.326 e. The van der Waals surface area contributed by atoms with E-state index >= 15 is 0 Å². The zero-order valence-corrected chi connectivity index (χ0v) is 35.6. The summed E-state index contributed by atoms with van der Waals surface area (Å²) < 4.78 is 49.3. The molecule has 3 amide bonds. The van der Waals surface area contributed by atoms with E-state index in [-0.39, 0.29) is 25.9 Å². The van der Waals surface area contributed by atoms with Crippen molar-refractivity contribution in [1.82, 2.24) is 16.0 Å². The van der Waals surface area contributed by atoms with Gasteiger partial charge < -0.3 is 59.0 Å². The van der Waals surface area contributed by atoms with Crippen molar-refractivity contribution in [2.24, 2.45) is 5.11 Å². The van der Waals surface area contributed by atoms with Gasteiger partial charge in [0.25, 0.3) is 11.8 Å². The van der Waals surface area contributed by atoms with E-state index in [1.807, 2.05) is 36.4 Å². The molecule has 19 nitrogen and oxygen atoms in total. The van der Waals surface area contributed by atoms with Crippen LogP contribution in [0.5, 0.6) is 0 Å². The normalized spacial score (nSPS) is 30.4. The van der Waals surface area contributed by atoms with E-state index in [9.17, 15) is 24.3 Å². The van der Waals surface area contributed by atoms with Crippen LogP contribution in [0.2, 0.25) is 0 Å². The van der Waals surface area contributed by atoms with Crippen LogP contribution in [0.4, 0.5) is 0 Å². The Morgan fingerprint density at radius 2 is 1.03 bits per heavy atom. The van der Waals surface area contributed by atoms with Crippen LogP contribution in [-0.4, -0.2) is 126 Å². The van der Waals surface area contributed by atoms with Gasteiger partial charge in [0.1, 0.15) is 42.6 Å². The fourth-order valence-corrected chi connectivity index (χ4v) is 8.10. The first-order chi connectivity index (χ1) is 28.6. The molecule has 2 aromatic carbocycles. The van der Waals surface area contributed by atoms with E-state index in [1.165, 1.54) is 0 Å². The van der Waals surface area contributed by atoms with Crippen LogP contribution in [0.3, 0.4) is 0 Å². The Bertz CT molecular complexity index is 1940. The molecule has 10 atom stereocenters. The minimum Gasteiger partial charge on any atom is -0.480 e. The van der Waals surface area contributed by atoms with Gasteiger partial charge in [-0.15, -0.1) is 0 Å². The number of carboxylic acids is 1. The van der Waals surface area contributed by atoms with Crippen LogP contribution in [0.15, 0.2) is 65.8 Å². The molecule has 0 bridgehead atoms. The molecule has 19 heteroatoms. The van der Waals surface area contributed by atoms with Gasteiger partial charge in [0, 0.05) is 24.3 Å². The van der Waals surface area contributed by atoms with E-state index in [2.05, 4.69) is 26.0 Å². The van der Waals surface area contributed by atoms with Crippen molar-refractivity contribution in [3.63, 3.8) is 0 Å². The molecule has 4 aliphatic heterocycles. The van der Waals surface area contributed by atoms with Crippen LogP contribution in [0.1, 0.15) is 66.5 Å². The molecule has 2 aromatic rings. The van der Waals surface area contributed by atoms with Crippen molar-refractivity contribution in [3.8, 4) is 0 Å². The van der Waals surface area contributed by atoms with E-state index in [4.69, 9.17) is 43.4 Å². The van der Waals surface area contributed by atoms with Crippen molar-refractivity contribution >= 4 is 23.7 Å². The van der Waals surface area contributed by atoms with Crippen LogP contribution in [0, 0.1) is 0 Å². The Labute approximate surface area is 354 Å². The molecular weight excluding hydrogens is 796 g/mol. The van der Waals surface area contributed by atoms with Crippen molar-refractivity contribution < 1.29 is 62.2 Å². The monoisotopic (exact) mass is 852 g/mol. The summed E-state index contributed by atoms with van der Waals surface area (Å²) >= 11 is 0. The highest BCUT2D eigenvalue weighted by molar-refractivity contribution is 5.90. The molecule has 332 valence electrons. The highest BCUT2D eigenvalue weighted by Crippen LogP contribution is 2.40. The minimum atomic E-state index is -1.31. The predicted octanol–water partition coefficient (Wildman–Crippen LogP) is 3.03.